The van der Waals surface area contributed by atoms with E-state index in [9.17, 15) is 0 Å². The minimum Gasteiger partial charge on any atom is -0.375 e. The van der Waals surface area contributed by atoms with Crippen LogP contribution < -0.4 is 4.90 Å². The standard InChI is InChI=1S/C20H23N5O/c1-2-5-15(6-3-1)13-26-14-17-7-4-12-24(17)19-11-10-18-21-22-20(16-8-9-16)25(18)23-19/h1-3,5-6,10-11,16-17H,4,7-9,12-14H2/t17-/m1/s1. The second kappa shape index (κ2) is 6.68. The minimum atomic E-state index is 0.379. The van der Waals surface area contributed by atoms with Crippen LogP contribution in [0.3, 0.4) is 0 Å². The summed E-state index contributed by atoms with van der Waals surface area (Å²) in [5, 5.41) is 13.4. The van der Waals surface area contributed by atoms with Crippen LogP contribution in [0.4, 0.5) is 5.82 Å². The summed E-state index contributed by atoms with van der Waals surface area (Å²) >= 11 is 0. The van der Waals surface area contributed by atoms with E-state index >= 15 is 0 Å². The minimum absolute atomic E-state index is 0.379. The maximum atomic E-state index is 6.00. The van der Waals surface area contributed by atoms with Gasteiger partial charge >= 0.3 is 0 Å². The molecule has 5 rings (SSSR count). The number of fused-ring (bicyclic) bond motifs is 1. The summed E-state index contributed by atoms with van der Waals surface area (Å²) in [6.45, 7) is 2.42. The van der Waals surface area contributed by atoms with Crippen molar-refractivity contribution >= 4 is 11.5 Å². The van der Waals surface area contributed by atoms with E-state index in [1.165, 1.54) is 24.8 Å². The van der Waals surface area contributed by atoms with E-state index < -0.39 is 0 Å². The lowest BCUT2D eigenvalue weighted by molar-refractivity contribution is 0.108. The molecule has 3 aromatic rings. The highest BCUT2D eigenvalue weighted by Crippen LogP contribution is 2.39. The molecule has 6 nitrogen and oxygen atoms in total. The third kappa shape index (κ3) is 3.05. The number of ether oxygens (including phenoxy) is 1. The molecular weight excluding hydrogens is 326 g/mol. The van der Waals surface area contributed by atoms with Crippen molar-refractivity contribution in [2.24, 2.45) is 0 Å². The van der Waals surface area contributed by atoms with Gasteiger partial charge in [0.1, 0.15) is 5.82 Å². The molecule has 2 aromatic heterocycles. The molecule has 1 aromatic carbocycles. The Morgan fingerprint density at radius 1 is 1.00 bits per heavy atom. The summed E-state index contributed by atoms with van der Waals surface area (Å²) in [6.07, 6.45) is 4.72. The van der Waals surface area contributed by atoms with Gasteiger partial charge in [0.15, 0.2) is 11.5 Å². The van der Waals surface area contributed by atoms with E-state index in [-0.39, 0.29) is 0 Å². The van der Waals surface area contributed by atoms with Crippen LogP contribution in [0.25, 0.3) is 5.65 Å². The second-order valence-corrected chi connectivity index (χ2v) is 7.28. The zero-order valence-corrected chi connectivity index (χ0v) is 14.8. The van der Waals surface area contributed by atoms with Crippen molar-refractivity contribution in [1.82, 2.24) is 19.8 Å². The Morgan fingerprint density at radius 3 is 2.73 bits per heavy atom. The molecule has 0 unspecified atom stereocenters. The van der Waals surface area contributed by atoms with Gasteiger partial charge in [-0.15, -0.1) is 15.3 Å². The Kier molecular flexibility index (Phi) is 4.05. The number of hydrogen-bond acceptors (Lipinski definition) is 5. The molecule has 2 fully saturated rings. The molecule has 1 saturated heterocycles. The first-order chi connectivity index (χ1) is 12.9. The molecule has 0 bridgehead atoms. The molecular formula is C20H23N5O. The Bertz CT molecular complexity index is 890. The van der Waals surface area contributed by atoms with E-state index in [0.29, 0.717) is 18.6 Å². The number of aromatic nitrogens is 4. The third-order valence-corrected chi connectivity index (χ3v) is 5.31. The van der Waals surface area contributed by atoms with Crippen molar-refractivity contribution in [3.63, 3.8) is 0 Å². The topological polar surface area (TPSA) is 55.5 Å². The van der Waals surface area contributed by atoms with Gasteiger partial charge in [0, 0.05) is 12.5 Å². The van der Waals surface area contributed by atoms with Crippen LogP contribution in [0.5, 0.6) is 0 Å². The van der Waals surface area contributed by atoms with Gasteiger partial charge in [-0.25, -0.2) is 0 Å². The molecule has 1 saturated carbocycles. The smallest absolute Gasteiger partial charge is 0.178 e. The molecule has 2 aliphatic rings. The van der Waals surface area contributed by atoms with Crippen molar-refractivity contribution in [3.8, 4) is 0 Å². The second-order valence-electron chi connectivity index (χ2n) is 7.28. The Hall–Kier alpha value is -2.47. The summed E-state index contributed by atoms with van der Waals surface area (Å²) in [7, 11) is 0. The van der Waals surface area contributed by atoms with Gasteiger partial charge in [-0.05, 0) is 43.4 Å². The first-order valence-electron chi connectivity index (χ1n) is 9.49. The van der Waals surface area contributed by atoms with Crippen LogP contribution in [0, 0.1) is 0 Å². The lowest BCUT2D eigenvalue weighted by Gasteiger charge is -2.25. The highest BCUT2D eigenvalue weighted by Gasteiger charge is 2.30. The molecule has 26 heavy (non-hydrogen) atoms. The fourth-order valence-corrected chi connectivity index (χ4v) is 3.74. The fraction of sp³-hybridized carbons (Fsp3) is 0.450. The zero-order valence-electron chi connectivity index (χ0n) is 14.8. The van der Waals surface area contributed by atoms with Crippen LogP contribution >= 0.6 is 0 Å². The van der Waals surface area contributed by atoms with Crippen LogP contribution in [-0.4, -0.2) is 39.0 Å². The lowest BCUT2D eigenvalue weighted by Crippen LogP contribution is -2.34. The van der Waals surface area contributed by atoms with Crippen LogP contribution in [-0.2, 0) is 11.3 Å². The number of benzene rings is 1. The molecule has 0 radical (unpaired) electrons. The molecule has 0 N–H and O–H groups in total. The fourth-order valence-electron chi connectivity index (χ4n) is 3.74. The molecule has 134 valence electrons. The van der Waals surface area contributed by atoms with Crippen molar-refractivity contribution in [3.05, 3.63) is 53.9 Å². The molecule has 0 amide bonds. The predicted octanol–water partition coefficient (Wildman–Crippen LogP) is 3.19. The Balaban J connectivity index is 1.30. The molecule has 6 heteroatoms. The maximum absolute atomic E-state index is 6.00. The lowest BCUT2D eigenvalue weighted by atomic mass is 10.2. The number of nitrogens with zero attached hydrogens (tertiary/aromatic N) is 5. The third-order valence-electron chi connectivity index (χ3n) is 5.31. The van der Waals surface area contributed by atoms with Crippen molar-refractivity contribution in [1.29, 1.82) is 0 Å². The van der Waals surface area contributed by atoms with E-state index in [1.807, 2.05) is 16.6 Å². The van der Waals surface area contributed by atoms with E-state index in [4.69, 9.17) is 9.84 Å². The summed E-state index contributed by atoms with van der Waals surface area (Å²) < 4.78 is 7.94. The van der Waals surface area contributed by atoms with Gasteiger partial charge in [0.2, 0.25) is 0 Å². The van der Waals surface area contributed by atoms with Crippen LogP contribution in [0.1, 0.15) is 43.0 Å². The summed E-state index contributed by atoms with van der Waals surface area (Å²) in [5.74, 6) is 2.55. The summed E-state index contributed by atoms with van der Waals surface area (Å²) in [5.41, 5.74) is 2.06. The van der Waals surface area contributed by atoms with Gasteiger partial charge < -0.3 is 9.64 Å². The SMILES string of the molecule is c1ccc(COC[C@H]2CCCN2c2ccc3nnc(C4CC4)n3n2)cc1. The molecule has 1 aliphatic heterocycles. The van der Waals surface area contributed by atoms with E-state index in [2.05, 4.69) is 45.4 Å². The average molecular weight is 349 g/mol. The predicted molar refractivity (Wildman–Crippen MR) is 99.2 cm³/mol. The van der Waals surface area contributed by atoms with Gasteiger partial charge in [-0.2, -0.15) is 4.52 Å². The monoisotopic (exact) mass is 349 g/mol. The highest BCUT2D eigenvalue weighted by atomic mass is 16.5. The van der Waals surface area contributed by atoms with Gasteiger partial charge in [-0.1, -0.05) is 30.3 Å². The van der Waals surface area contributed by atoms with Gasteiger partial charge in [-0.3, -0.25) is 0 Å². The first-order valence-corrected chi connectivity index (χ1v) is 9.49. The van der Waals surface area contributed by atoms with Crippen molar-refractivity contribution < 1.29 is 4.74 Å². The summed E-state index contributed by atoms with van der Waals surface area (Å²) in [6, 6.07) is 14.8. The average Bonchev–Trinajstić information content (AvgIpc) is 3.26. The zero-order chi connectivity index (χ0) is 17.3. The van der Waals surface area contributed by atoms with Crippen LogP contribution in [0.2, 0.25) is 0 Å². The van der Waals surface area contributed by atoms with Crippen molar-refractivity contribution in [2.45, 2.75) is 44.2 Å². The maximum Gasteiger partial charge on any atom is 0.178 e. The molecule has 0 spiro atoms. The first kappa shape index (κ1) is 15.8. The quantitative estimate of drug-likeness (QED) is 0.684. The van der Waals surface area contributed by atoms with Gasteiger partial charge in [0.25, 0.3) is 0 Å². The van der Waals surface area contributed by atoms with Gasteiger partial charge in [0.05, 0.1) is 19.3 Å². The van der Waals surface area contributed by atoms with Crippen molar-refractivity contribution in [2.75, 3.05) is 18.1 Å². The normalized spacial score (nSPS) is 20.2. The highest BCUT2D eigenvalue weighted by molar-refractivity contribution is 5.47. The van der Waals surface area contributed by atoms with E-state index in [1.54, 1.807) is 0 Å². The molecule has 1 atom stereocenters. The van der Waals surface area contributed by atoms with E-state index in [0.717, 1.165) is 36.9 Å². The summed E-state index contributed by atoms with van der Waals surface area (Å²) in [4.78, 5) is 2.38. The number of anilines is 1. The Labute approximate surface area is 152 Å². The molecule has 3 heterocycles. The Morgan fingerprint density at radius 2 is 1.88 bits per heavy atom. The van der Waals surface area contributed by atoms with Crippen LogP contribution in [0.15, 0.2) is 42.5 Å². The number of hydrogen-bond donors (Lipinski definition) is 0. The number of rotatable bonds is 6. The molecule has 1 aliphatic carbocycles. The largest absolute Gasteiger partial charge is 0.375 e.